The van der Waals surface area contributed by atoms with Gasteiger partial charge in [-0.3, -0.25) is 0 Å². The Labute approximate surface area is 155 Å². The van der Waals surface area contributed by atoms with E-state index in [0.29, 0.717) is 0 Å². The first kappa shape index (κ1) is 14.4. The average molecular weight is 347 g/mol. The molecule has 0 bridgehead atoms. The molecule has 3 nitrogen and oxygen atoms in total. The predicted octanol–water partition coefficient (Wildman–Crippen LogP) is 6.46. The summed E-state index contributed by atoms with van der Waals surface area (Å²) < 4.78 is 0. The molecular formula is C24H17N3. The van der Waals surface area contributed by atoms with Gasteiger partial charge in [-0.25, -0.2) is 0 Å². The molecule has 0 saturated heterocycles. The Kier molecular flexibility index (Phi) is 2.88. The number of H-pyrrole nitrogens is 3. The van der Waals surface area contributed by atoms with Gasteiger partial charge in [0, 0.05) is 50.7 Å². The molecule has 0 amide bonds. The van der Waals surface area contributed by atoms with Crippen LogP contribution in [0.4, 0.5) is 0 Å². The molecule has 3 N–H and O–H groups in total. The zero-order valence-corrected chi connectivity index (χ0v) is 14.6. The number of hydrogen-bond acceptors (Lipinski definition) is 0. The Balaban J connectivity index is 1.73. The summed E-state index contributed by atoms with van der Waals surface area (Å²) in [6, 6.07) is 25.9. The molecule has 3 aromatic carbocycles. The van der Waals surface area contributed by atoms with Crippen molar-refractivity contribution in [2.24, 2.45) is 0 Å². The van der Waals surface area contributed by atoms with Crippen LogP contribution < -0.4 is 0 Å². The molecular weight excluding hydrogens is 330 g/mol. The van der Waals surface area contributed by atoms with Gasteiger partial charge in [0.1, 0.15) is 0 Å². The zero-order chi connectivity index (χ0) is 17.8. The average Bonchev–Trinajstić information content (AvgIpc) is 3.44. The van der Waals surface area contributed by atoms with Crippen molar-refractivity contribution in [2.75, 3.05) is 0 Å². The molecule has 3 heteroatoms. The van der Waals surface area contributed by atoms with Crippen molar-refractivity contribution in [2.45, 2.75) is 0 Å². The summed E-state index contributed by atoms with van der Waals surface area (Å²) >= 11 is 0. The van der Waals surface area contributed by atoms with Crippen molar-refractivity contribution in [3.63, 3.8) is 0 Å². The molecule has 0 aliphatic rings. The van der Waals surface area contributed by atoms with E-state index in [0.717, 1.165) is 22.2 Å². The summed E-state index contributed by atoms with van der Waals surface area (Å²) in [7, 11) is 0. The van der Waals surface area contributed by atoms with E-state index in [-0.39, 0.29) is 0 Å². The Morgan fingerprint density at radius 1 is 0.593 bits per heavy atom. The van der Waals surface area contributed by atoms with Gasteiger partial charge in [-0.1, -0.05) is 36.4 Å². The predicted molar refractivity (Wildman–Crippen MR) is 113 cm³/mol. The molecule has 0 unspecified atom stereocenters. The van der Waals surface area contributed by atoms with Crippen LogP contribution in [0.3, 0.4) is 0 Å². The van der Waals surface area contributed by atoms with Crippen molar-refractivity contribution in [3.8, 4) is 22.4 Å². The number of para-hydroxylation sites is 1. The highest BCUT2D eigenvalue weighted by Gasteiger charge is 2.17. The van der Waals surface area contributed by atoms with E-state index in [4.69, 9.17) is 0 Å². The van der Waals surface area contributed by atoms with E-state index in [1.807, 2.05) is 12.4 Å². The first-order chi connectivity index (χ1) is 13.4. The van der Waals surface area contributed by atoms with Crippen LogP contribution in [-0.4, -0.2) is 15.0 Å². The summed E-state index contributed by atoms with van der Waals surface area (Å²) in [5, 5.41) is 3.71. The van der Waals surface area contributed by atoms with Crippen molar-refractivity contribution in [1.82, 2.24) is 15.0 Å². The normalized spacial score (nSPS) is 11.7. The maximum atomic E-state index is 3.67. The number of hydrogen-bond donors (Lipinski definition) is 3. The summed E-state index contributed by atoms with van der Waals surface area (Å²) in [4.78, 5) is 10.3. The lowest BCUT2D eigenvalue weighted by molar-refractivity contribution is 1.45. The number of aromatic amines is 3. The van der Waals surface area contributed by atoms with Crippen molar-refractivity contribution in [3.05, 3.63) is 85.2 Å². The molecule has 0 aliphatic heterocycles. The Morgan fingerprint density at radius 3 is 2.44 bits per heavy atom. The minimum absolute atomic E-state index is 1.16. The highest BCUT2D eigenvalue weighted by atomic mass is 14.7. The van der Waals surface area contributed by atoms with Gasteiger partial charge in [0.05, 0.1) is 5.69 Å². The molecule has 6 rings (SSSR count). The summed E-state index contributed by atoms with van der Waals surface area (Å²) in [6.07, 6.45) is 4.00. The van der Waals surface area contributed by atoms with Gasteiger partial charge in [0.15, 0.2) is 0 Å². The largest absolute Gasteiger partial charge is 0.361 e. The molecule has 27 heavy (non-hydrogen) atoms. The second kappa shape index (κ2) is 5.39. The molecule has 0 saturated carbocycles. The van der Waals surface area contributed by atoms with E-state index in [1.165, 1.54) is 32.8 Å². The van der Waals surface area contributed by atoms with Crippen LogP contribution in [0.25, 0.3) is 55.1 Å². The van der Waals surface area contributed by atoms with Crippen molar-refractivity contribution >= 4 is 32.7 Å². The number of nitrogens with one attached hydrogen (secondary N) is 3. The van der Waals surface area contributed by atoms with Gasteiger partial charge in [-0.05, 0) is 47.5 Å². The Hall–Kier alpha value is -3.72. The number of benzene rings is 3. The first-order valence-corrected chi connectivity index (χ1v) is 9.13. The van der Waals surface area contributed by atoms with Gasteiger partial charge in [-0.15, -0.1) is 0 Å². The molecule has 128 valence electrons. The third-order valence-electron chi connectivity index (χ3n) is 5.41. The monoisotopic (exact) mass is 347 g/mol. The fourth-order valence-electron chi connectivity index (χ4n) is 4.15. The lowest BCUT2D eigenvalue weighted by Crippen LogP contribution is -1.84. The van der Waals surface area contributed by atoms with Crippen LogP contribution >= 0.6 is 0 Å². The quantitative estimate of drug-likeness (QED) is 0.322. The maximum Gasteiger partial charge on any atom is 0.0545 e. The first-order valence-electron chi connectivity index (χ1n) is 9.13. The minimum atomic E-state index is 1.16. The van der Waals surface area contributed by atoms with Gasteiger partial charge in [0.2, 0.25) is 0 Å². The fourth-order valence-corrected chi connectivity index (χ4v) is 4.15. The third-order valence-corrected chi connectivity index (χ3v) is 5.41. The topological polar surface area (TPSA) is 47.4 Å². The highest BCUT2D eigenvalue weighted by molar-refractivity contribution is 6.10. The van der Waals surface area contributed by atoms with Gasteiger partial charge >= 0.3 is 0 Å². The lowest BCUT2D eigenvalue weighted by Gasteiger charge is -2.08. The Morgan fingerprint density at radius 2 is 1.44 bits per heavy atom. The second-order valence-electron chi connectivity index (χ2n) is 6.94. The van der Waals surface area contributed by atoms with Crippen LogP contribution in [0.2, 0.25) is 0 Å². The third kappa shape index (κ3) is 2.09. The fraction of sp³-hybridized carbons (Fsp3) is 0. The van der Waals surface area contributed by atoms with Crippen LogP contribution in [0, 0.1) is 0 Å². The summed E-state index contributed by atoms with van der Waals surface area (Å²) in [5.74, 6) is 0. The molecule has 0 atom stereocenters. The van der Waals surface area contributed by atoms with Gasteiger partial charge in [-0.2, -0.15) is 0 Å². The molecule has 3 heterocycles. The van der Waals surface area contributed by atoms with Crippen LogP contribution in [0.15, 0.2) is 85.2 Å². The van der Waals surface area contributed by atoms with Crippen molar-refractivity contribution < 1.29 is 0 Å². The summed E-state index contributed by atoms with van der Waals surface area (Å²) in [5.41, 5.74) is 8.33. The smallest absolute Gasteiger partial charge is 0.0545 e. The van der Waals surface area contributed by atoms with E-state index in [9.17, 15) is 0 Å². The molecule has 3 aromatic heterocycles. The molecule has 0 spiro atoms. The summed E-state index contributed by atoms with van der Waals surface area (Å²) in [6.45, 7) is 0. The molecule has 0 fully saturated rings. The number of rotatable bonds is 2. The van der Waals surface area contributed by atoms with Crippen LogP contribution in [-0.2, 0) is 0 Å². The maximum absolute atomic E-state index is 3.67. The van der Waals surface area contributed by atoms with Gasteiger partial charge < -0.3 is 15.0 Å². The standard InChI is InChI=1S/C24H17N3/c1-2-6-22-19(4-1)23(18-5-3-7-21-17(18)11-13-26-21)24(27-22)16-8-9-20-15(14-16)10-12-25-20/h1-14,25-27H. The van der Waals surface area contributed by atoms with Gasteiger partial charge in [0.25, 0.3) is 0 Å². The van der Waals surface area contributed by atoms with E-state index in [2.05, 4.69) is 87.7 Å². The minimum Gasteiger partial charge on any atom is -0.361 e. The number of fused-ring (bicyclic) bond motifs is 3. The number of aromatic nitrogens is 3. The lowest BCUT2D eigenvalue weighted by atomic mass is 9.95. The second-order valence-corrected chi connectivity index (χ2v) is 6.94. The molecule has 6 aromatic rings. The molecule has 0 aliphatic carbocycles. The van der Waals surface area contributed by atoms with Crippen LogP contribution in [0.1, 0.15) is 0 Å². The van der Waals surface area contributed by atoms with Crippen LogP contribution in [0.5, 0.6) is 0 Å². The van der Waals surface area contributed by atoms with Crippen molar-refractivity contribution in [1.29, 1.82) is 0 Å². The van der Waals surface area contributed by atoms with E-state index < -0.39 is 0 Å². The highest BCUT2D eigenvalue weighted by Crippen LogP contribution is 2.41. The SMILES string of the molecule is c1cc(-c2c(-c3ccc4[nH]ccc4c3)[nH]c3ccccc23)c2cc[nH]c2c1. The molecule has 0 radical (unpaired) electrons. The van der Waals surface area contributed by atoms with E-state index in [1.54, 1.807) is 0 Å². The Bertz CT molecular complexity index is 1430. The zero-order valence-electron chi connectivity index (χ0n) is 14.6. The van der Waals surface area contributed by atoms with E-state index >= 15 is 0 Å².